The van der Waals surface area contributed by atoms with Crippen LogP contribution >= 0.6 is 22.9 Å². The Hall–Kier alpha value is -2.64. The number of carbonyl (C=O) groups is 2. The number of nitrogens with one attached hydrogen (secondary N) is 1. The van der Waals surface area contributed by atoms with Crippen molar-refractivity contribution in [1.82, 2.24) is 10.2 Å². The van der Waals surface area contributed by atoms with E-state index in [2.05, 4.69) is 10.3 Å². The number of likely N-dealkylation sites (N-methyl/N-ethyl adjacent to an activating group) is 1. The van der Waals surface area contributed by atoms with Crippen LogP contribution in [-0.4, -0.2) is 42.3 Å². The normalized spacial score (nSPS) is 16.3. The summed E-state index contributed by atoms with van der Waals surface area (Å²) >= 11 is 7.33. The summed E-state index contributed by atoms with van der Waals surface area (Å²) < 4.78 is 5.66. The molecule has 8 heteroatoms. The highest BCUT2D eigenvalue weighted by molar-refractivity contribution is 7.12. The third-order valence-electron chi connectivity index (χ3n) is 4.29. The zero-order chi connectivity index (χ0) is 22.1. The topological polar surface area (TPSA) is 71.0 Å². The van der Waals surface area contributed by atoms with Crippen LogP contribution < -0.4 is 5.32 Å². The lowest BCUT2D eigenvalue weighted by molar-refractivity contribution is -0.150. The molecule has 1 atom stereocenters. The molecule has 30 heavy (non-hydrogen) atoms. The molecule has 1 amide bonds. The largest absolute Gasteiger partial charge is 0.456 e. The summed E-state index contributed by atoms with van der Waals surface area (Å²) in [4.78, 5) is 32.8. The zero-order valence-electron chi connectivity index (χ0n) is 17.5. The van der Waals surface area contributed by atoms with Gasteiger partial charge in [-0.3, -0.25) is 4.79 Å². The lowest BCUT2D eigenvalue weighted by Crippen LogP contribution is -2.32. The minimum Gasteiger partial charge on any atom is -0.456 e. The molecule has 3 rings (SSSR count). The van der Waals surface area contributed by atoms with Crippen LogP contribution in [0.3, 0.4) is 0 Å². The molecule has 0 bridgehead atoms. The first kappa shape index (κ1) is 22.1. The molecule has 1 unspecified atom stereocenters. The fourth-order valence-corrected chi connectivity index (χ4v) is 4.12. The van der Waals surface area contributed by atoms with Gasteiger partial charge < -0.3 is 15.0 Å². The van der Waals surface area contributed by atoms with Gasteiger partial charge in [0.05, 0.1) is 16.5 Å². The molecule has 158 valence electrons. The first-order valence-electron chi connectivity index (χ1n) is 9.41. The van der Waals surface area contributed by atoms with Gasteiger partial charge in [-0.2, -0.15) is 0 Å². The molecule has 0 spiro atoms. The number of ether oxygens (including phenoxy) is 1. The van der Waals surface area contributed by atoms with E-state index in [1.165, 1.54) is 11.3 Å². The Morgan fingerprint density at radius 2 is 1.83 bits per heavy atom. The summed E-state index contributed by atoms with van der Waals surface area (Å²) in [5.74, 6) is -0.595. The number of carbonyl (C=O) groups excluding carboxylic acids is 2. The van der Waals surface area contributed by atoms with E-state index < -0.39 is 23.4 Å². The van der Waals surface area contributed by atoms with Gasteiger partial charge >= 0.3 is 5.97 Å². The number of rotatable bonds is 4. The van der Waals surface area contributed by atoms with Crippen LogP contribution in [0.4, 0.5) is 0 Å². The quantitative estimate of drug-likeness (QED) is 0.706. The summed E-state index contributed by atoms with van der Waals surface area (Å²) in [6.07, 6.45) is 0. The van der Waals surface area contributed by atoms with Crippen molar-refractivity contribution in [2.45, 2.75) is 32.3 Å². The number of amidine groups is 1. The monoisotopic (exact) mass is 445 g/mol. The predicted octanol–water partition coefficient (Wildman–Crippen LogP) is 4.44. The van der Waals surface area contributed by atoms with Crippen LogP contribution in [0.25, 0.3) is 0 Å². The van der Waals surface area contributed by atoms with Crippen LogP contribution in [0.1, 0.15) is 41.9 Å². The number of esters is 1. The second kappa shape index (κ2) is 8.62. The van der Waals surface area contributed by atoms with Gasteiger partial charge in [0.15, 0.2) is 0 Å². The number of nitrogens with zero attached hydrogens (tertiary/aromatic N) is 2. The summed E-state index contributed by atoms with van der Waals surface area (Å²) in [6, 6.07) is 11.2. The SMILES string of the molecule is CN(C)C1=NC(NC(=O)c2sccc2Cl)=C(C(=O)OC(C)(C)C)C1c1ccccc1. The summed E-state index contributed by atoms with van der Waals surface area (Å²) in [7, 11) is 3.70. The van der Waals surface area contributed by atoms with Crippen LogP contribution in [0, 0.1) is 0 Å². The zero-order valence-corrected chi connectivity index (χ0v) is 19.1. The number of amides is 1. The van der Waals surface area contributed by atoms with Gasteiger partial charge in [-0.25, -0.2) is 9.79 Å². The molecular formula is C22H24ClN3O3S. The Morgan fingerprint density at radius 3 is 2.37 bits per heavy atom. The molecule has 0 aliphatic carbocycles. The van der Waals surface area contributed by atoms with Crippen molar-refractivity contribution in [3.05, 3.63) is 68.6 Å². The Morgan fingerprint density at radius 1 is 1.17 bits per heavy atom. The molecular weight excluding hydrogens is 422 g/mol. The number of hydrogen-bond acceptors (Lipinski definition) is 6. The Bertz CT molecular complexity index is 1020. The average molecular weight is 446 g/mol. The average Bonchev–Trinajstić information content (AvgIpc) is 3.24. The molecule has 0 saturated heterocycles. The molecule has 0 radical (unpaired) electrons. The van der Waals surface area contributed by atoms with E-state index in [4.69, 9.17) is 16.3 Å². The smallest absolute Gasteiger partial charge is 0.339 e. The first-order chi connectivity index (χ1) is 14.1. The van der Waals surface area contributed by atoms with Crippen molar-refractivity contribution >= 4 is 40.6 Å². The fraction of sp³-hybridized carbons (Fsp3) is 0.318. The highest BCUT2D eigenvalue weighted by atomic mass is 35.5. The lowest BCUT2D eigenvalue weighted by atomic mass is 9.90. The molecule has 1 aromatic carbocycles. The van der Waals surface area contributed by atoms with Crippen LogP contribution in [-0.2, 0) is 9.53 Å². The Balaban J connectivity index is 2.09. The van der Waals surface area contributed by atoms with E-state index in [1.54, 1.807) is 32.2 Å². The molecule has 1 aromatic heterocycles. The number of aliphatic imine (C=N–C) groups is 1. The molecule has 2 aromatic rings. The maximum Gasteiger partial charge on any atom is 0.339 e. The standard InChI is InChI=1S/C22H24ClN3O3S/c1-22(2,3)29-21(28)16-15(13-9-7-6-8-10-13)19(26(4)5)24-18(16)25-20(27)17-14(23)11-12-30-17/h6-12,15H,1-5H3,(H,25,27). The van der Waals surface area contributed by atoms with E-state index in [0.29, 0.717) is 21.3 Å². The maximum absolute atomic E-state index is 13.2. The van der Waals surface area contributed by atoms with E-state index >= 15 is 0 Å². The third-order valence-corrected chi connectivity index (χ3v) is 5.63. The Kier molecular flexibility index (Phi) is 6.33. The van der Waals surface area contributed by atoms with Crippen LogP contribution in [0.2, 0.25) is 5.02 Å². The number of thiophene rings is 1. The molecule has 0 saturated carbocycles. The lowest BCUT2D eigenvalue weighted by Gasteiger charge is -2.25. The predicted molar refractivity (Wildman–Crippen MR) is 120 cm³/mol. The fourth-order valence-electron chi connectivity index (χ4n) is 3.09. The van der Waals surface area contributed by atoms with Gasteiger partial charge in [0.25, 0.3) is 5.91 Å². The van der Waals surface area contributed by atoms with Gasteiger partial charge in [0, 0.05) is 14.1 Å². The third kappa shape index (κ3) is 4.74. The van der Waals surface area contributed by atoms with Crippen molar-refractivity contribution in [3.63, 3.8) is 0 Å². The summed E-state index contributed by atoms with van der Waals surface area (Å²) in [6.45, 7) is 5.40. The molecule has 1 N–H and O–H groups in total. The second-order valence-electron chi connectivity index (χ2n) is 8.02. The van der Waals surface area contributed by atoms with E-state index in [0.717, 1.165) is 5.56 Å². The van der Waals surface area contributed by atoms with Crippen molar-refractivity contribution in [3.8, 4) is 0 Å². The van der Waals surface area contributed by atoms with Crippen LogP contribution in [0.15, 0.2) is 58.2 Å². The minimum atomic E-state index is -0.696. The van der Waals surface area contributed by atoms with Gasteiger partial charge in [-0.05, 0) is 37.8 Å². The molecule has 0 fully saturated rings. The van der Waals surface area contributed by atoms with Gasteiger partial charge in [0.2, 0.25) is 0 Å². The summed E-state index contributed by atoms with van der Waals surface area (Å²) in [5, 5.41) is 4.86. The number of hydrogen-bond donors (Lipinski definition) is 1. The van der Waals surface area contributed by atoms with Crippen molar-refractivity contribution in [2.75, 3.05) is 14.1 Å². The molecule has 1 aliphatic heterocycles. The summed E-state index contributed by atoms with van der Waals surface area (Å²) in [5.41, 5.74) is 0.475. The van der Waals surface area contributed by atoms with Crippen molar-refractivity contribution in [2.24, 2.45) is 4.99 Å². The van der Waals surface area contributed by atoms with Gasteiger partial charge in [0.1, 0.15) is 22.1 Å². The first-order valence-corrected chi connectivity index (χ1v) is 10.7. The second-order valence-corrected chi connectivity index (χ2v) is 9.35. The van der Waals surface area contributed by atoms with E-state index in [9.17, 15) is 9.59 Å². The van der Waals surface area contributed by atoms with Gasteiger partial charge in [-0.1, -0.05) is 41.9 Å². The van der Waals surface area contributed by atoms with E-state index in [1.807, 2.05) is 49.3 Å². The number of benzene rings is 1. The van der Waals surface area contributed by atoms with Crippen molar-refractivity contribution < 1.29 is 14.3 Å². The molecule has 1 aliphatic rings. The molecule has 6 nitrogen and oxygen atoms in total. The Labute approximate surface area is 185 Å². The van der Waals surface area contributed by atoms with Crippen molar-refractivity contribution in [1.29, 1.82) is 0 Å². The maximum atomic E-state index is 13.2. The highest BCUT2D eigenvalue weighted by Gasteiger charge is 2.39. The number of halogens is 1. The van der Waals surface area contributed by atoms with Gasteiger partial charge in [-0.15, -0.1) is 11.3 Å². The minimum absolute atomic E-state index is 0.177. The highest BCUT2D eigenvalue weighted by Crippen LogP contribution is 2.36. The van der Waals surface area contributed by atoms with Crippen LogP contribution in [0.5, 0.6) is 0 Å². The van der Waals surface area contributed by atoms with E-state index in [-0.39, 0.29) is 5.82 Å². The molecule has 2 heterocycles.